The predicted molar refractivity (Wildman–Crippen MR) is 64.1 cm³/mol. The van der Waals surface area contributed by atoms with Crippen molar-refractivity contribution in [1.29, 1.82) is 0 Å². The molecule has 0 unspecified atom stereocenters. The van der Waals surface area contributed by atoms with Crippen LogP contribution in [0.3, 0.4) is 0 Å². The number of rotatable bonds is 2. The minimum atomic E-state index is -0.475. The molecule has 0 fully saturated rings. The van der Waals surface area contributed by atoms with Gasteiger partial charge in [0.1, 0.15) is 5.82 Å². The highest BCUT2D eigenvalue weighted by Crippen LogP contribution is 2.18. The van der Waals surface area contributed by atoms with Crippen LogP contribution in [0.1, 0.15) is 10.4 Å². The van der Waals surface area contributed by atoms with Crippen molar-refractivity contribution in [1.82, 2.24) is 10.2 Å². The molecule has 2 rings (SSSR count). The van der Waals surface area contributed by atoms with Crippen molar-refractivity contribution in [2.75, 3.05) is 5.32 Å². The molecule has 0 bridgehead atoms. The van der Waals surface area contributed by atoms with E-state index in [1.807, 2.05) is 0 Å². The van der Waals surface area contributed by atoms with Crippen molar-refractivity contribution in [2.45, 2.75) is 0 Å². The molecule has 0 aliphatic heterocycles. The summed E-state index contributed by atoms with van der Waals surface area (Å²) in [6.07, 6.45) is 1.49. The first kappa shape index (κ1) is 11.7. The zero-order chi connectivity index (χ0) is 12.3. The van der Waals surface area contributed by atoms with E-state index in [4.69, 9.17) is 0 Å². The number of amides is 1. The van der Waals surface area contributed by atoms with Gasteiger partial charge >= 0.3 is 0 Å². The predicted octanol–water partition coefficient (Wildman–Crippen LogP) is 2.63. The Morgan fingerprint density at radius 1 is 1.35 bits per heavy atom. The zero-order valence-corrected chi connectivity index (χ0v) is 10.1. The van der Waals surface area contributed by atoms with Crippen LogP contribution in [0.25, 0.3) is 0 Å². The van der Waals surface area contributed by atoms with E-state index in [0.29, 0.717) is 10.3 Å². The Morgan fingerprint density at radius 3 is 2.88 bits per heavy atom. The second-order valence-corrected chi connectivity index (χ2v) is 4.04. The molecule has 4 nitrogen and oxygen atoms in total. The molecule has 0 spiro atoms. The third kappa shape index (κ3) is 2.85. The van der Waals surface area contributed by atoms with Crippen LogP contribution in [0.15, 0.2) is 41.0 Å². The lowest BCUT2D eigenvalue weighted by atomic mass is 10.2. The number of nitrogens with zero attached hydrogens (tertiary/aromatic N) is 2. The second-order valence-electron chi connectivity index (χ2n) is 3.19. The van der Waals surface area contributed by atoms with Crippen molar-refractivity contribution in [3.63, 3.8) is 0 Å². The van der Waals surface area contributed by atoms with Gasteiger partial charge in [-0.1, -0.05) is 0 Å². The number of aromatic nitrogens is 2. The fraction of sp³-hybridized carbons (Fsp3) is 0. The zero-order valence-electron chi connectivity index (χ0n) is 8.52. The lowest BCUT2D eigenvalue weighted by Crippen LogP contribution is -2.14. The van der Waals surface area contributed by atoms with E-state index in [0.717, 1.165) is 6.07 Å². The van der Waals surface area contributed by atoms with Crippen LogP contribution in [0.5, 0.6) is 0 Å². The van der Waals surface area contributed by atoms with Gasteiger partial charge in [0.2, 0.25) is 0 Å². The van der Waals surface area contributed by atoms with E-state index in [1.165, 1.54) is 18.3 Å². The van der Waals surface area contributed by atoms with Crippen LogP contribution in [0, 0.1) is 5.82 Å². The summed E-state index contributed by atoms with van der Waals surface area (Å²) in [5, 5.41) is 9.84. The molecule has 1 heterocycles. The summed E-state index contributed by atoms with van der Waals surface area (Å²) in [7, 11) is 0. The minimum Gasteiger partial charge on any atom is -0.305 e. The smallest absolute Gasteiger partial charge is 0.258 e. The summed E-state index contributed by atoms with van der Waals surface area (Å²) in [6.45, 7) is 0. The maximum atomic E-state index is 13.0. The largest absolute Gasteiger partial charge is 0.305 e. The van der Waals surface area contributed by atoms with Crippen LogP contribution in [0.4, 0.5) is 10.2 Å². The molecule has 86 valence electrons. The van der Waals surface area contributed by atoms with E-state index < -0.39 is 11.7 Å². The SMILES string of the molecule is O=C(Nc1cccnn1)c1cc(F)ccc1Br. The standard InChI is InChI=1S/C11H7BrFN3O/c12-9-4-3-7(13)6-8(9)11(17)15-10-2-1-5-14-16-10/h1-6H,(H,15,16,17). The highest BCUT2D eigenvalue weighted by molar-refractivity contribution is 9.10. The normalized spacial score (nSPS) is 10.0. The third-order valence-corrected chi connectivity index (χ3v) is 2.68. The van der Waals surface area contributed by atoms with E-state index in [2.05, 4.69) is 31.4 Å². The molecule has 1 aromatic carbocycles. The van der Waals surface area contributed by atoms with Gasteiger partial charge in [-0.25, -0.2) is 4.39 Å². The van der Waals surface area contributed by atoms with Crippen molar-refractivity contribution in [3.8, 4) is 0 Å². The van der Waals surface area contributed by atoms with Gasteiger partial charge in [0, 0.05) is 10.7 Å². The molecular weight excluding hydrogens is 289 g/mol. The van der Waals surface area contributed by atoms with Gasteiger partial charge in [-0.15, -0.1) is 5.10 Å². The Hall–Kier alpha value is -1.82. The van der Waals surface area contributed by atoms with E-state index >= 15 is 0 Å². The summed E-state index contributed by atoms with van der Waals surface area (Å²) in [4.78, 5) is 11.8. The van der Waals surface area contributed by atoms with Crippen molar-refractivity contribution >= 4 is 27.7 Å². The van der Waals surface area contributed by atoms with Gasteiger partial charge in [0.05, 0.1) is 5.56 Å². The van der Waals surface area contributed by atoms with Crippen LogP contribution in [0.2, 0.25) is 0 Å². The van der Waals surface area contributed by atoms with E-state index in [9.17, 15) is 9.18 Å². The molecule has 1 amide bonds. The molecule has 0 atom stereocenters. The Kier molecular flexibility index (Phi) is 3.43. The first-order valence-corrected chi connectivity index (χ1v) is 5.50. The summed E-state index contributed by atoms with van der Waals surface area (Å²) < 4.78 is 13.5. The highest BCUT2D eigenvalue weighted by atomic mass is 79.9. The molecule has 1 N–H and O–H groups in total. The van der Waals surface area contributed by atoms with Crippen LogP contribution in [-0.2, 0) is 0 Å². The quantitative estimate of drug-likeness (QED) is 0.927. The Labute approximate surface area is 105 Å². The first-order chi connectivity index (χ1) is 8.16. The molecule has 2 aromatic rings. The average Bonchev–Trinajstić information content (AvgIpc) is 2.33. The van der Waals surface area contributed by atoms with Crippen LogP contribution in [-0.4, -0.2) is 16.1 Å². The number of anilines is 1. The molecule has 0 saturated heterocycles. The van der Waals surface area contributed by atoms with Gasteiger partial charge in [0.15, 0.2) is 5.82 Å². The maximum absolute atomic E-state index is 13.0. The minimum absolute atomic E-state index is 0.204. The van der Waals surface area contributed by atoms with Gasteiger partial charge < -0.3 is 5.32 Å². The fourth-order valence-corrected chi connectivity index (χ4v) is 1.65. The number of hydrogen-bond acceptors (Lipinski definition) is 3. The number of nitrogens with one attached hydrogen (secondary N) is 1. The number of benzene rings is 1. The summed E-state index contributed by atoms with van der Waals surface area (Å²) in [5.41, 5.74) is 0.204. The number of carbonyl (C=O) groups excluding carboxylic acids is 1. The molecule has 6 heteroatoms. The van der Waals surface area contributed by atoms with Gasteiger partial charge in [0.25, 0.3) is 5.91 Å². The number of carbonyl (C=O) groups is 1. The van der Waals surface area contributed by atoms with Gasteiger partial charge in [-0.2, -0.15) is 5.10 Å². The molecule has 0 saturated carbocycles. The van der Waals surface area contributed by atoms with Crippen molar-refractivity contribution in [3.05, 3.63) is 52.4 Å². The Morgan fingerprint density at radius 2 is 2.18 bits per heavy atom. The third-order valence-electron chi connectivity index (χ3n) is 1.99. The summed E-state index contributed by atoms with van der Waals surface area (Å²) >= 11 is 3.18. The number of halogens is 2. The van der Waals surface area contributed by atoms with Crippen molar-refractivity contribution in [2.24, 2.45) is 0 Å². The lowest BCUT2D eigenvalue weighted by Gasteiger charge is -2.05. The average molecular weight is 296 g/mol. The van der Waals surface area contributed by atoms with Crippen LogP contribution < -0.4 is 5.32 Å². The molecular formula is C11H7BrFN3O. The fourth-order valence-electron chi connectivity index (χ4n) is 1.22. The van der Waals surface area contributed by atoms with Gasteiger partial charge in [-0.3, -0.25) is 4.79 Å². The maximum Gasteiger partial charge on any atom is 0.258 e. The Balaban J connectivity index is 2.23. The lowest BCUT2D eigenvalue weighted by molar-refractivity contribution is 0.102. The van der Waals surface area contributed by atoms with Gasteiger partial charge in [-0.05, 0) is 46.3 Å². The van der Waals surface area contributed by atoms with E-state index in [1.54, 1.807) is 12.1 Å². The molecule has 0 aliphatic rings. The molecule has 0 radical (unpaired) electrons. The first-order valence-electron chi connectivity index (χ1n) is 4.71. The topological polar surface area (TPSA) is 54.9 Å². The second kappa shape index (κ2) is 5.01. The van der Waals surface area contributed by atoms with Crippen LogP contribution >= 0.6 is 15.9 Å². The van der Waals surface area contributed by atoms with Crippen molar-refractivity contribution < 1.29 is 9.18 Å². The van der Waals surface area contributed by atoms with E-state index in [-0.39, 0.29) is 5.56 Å². The summed E-state index contributed by atoms with van der Waals surface area (Å²) in [6, 6.07) is 7.13. The number of hydrogen-bond donors (Lipinski definition) is 1. The molecule has 0 aliphatic carbocycles. The molecule has 17 heavy (non-hydrogen) atoms. The molecule has 1 aromatic heterocycles. The summed E-state index contributed by atoms with van der Waals surface area (Å²) in [5.74, 6) is -0.608. The Bertz CT molecular complexity index is 548. The monoisotopic (exact) mass is 295 g/mol. The highest BCUT2D eigenvalue weighted by Gasteiger charge is 2.11.